The van der Waals surface area contributed by atoms with Crippen LogP contribution in [0.3, 0.4) is 0 Å². The van der Waals surface area contributed by atoms with E-state index < -0.39 is 43.1 Å². The molecule has 0 bridgehead atoms. The lowest BCUT2D eigenvalue weighted by Crippen LogP contribution is -2.60. The smallest absolute Gasteiger partial charge is 0.229 e. The van der Waals surface area contributed by atoms with Gasteiger partial charge in [-0.25, -0.2) is 0 Å². The number of ether oxygens (including phenoxy) is 3. The molecule has 0 aliphatic carbocycles. The largest absolute Gasteiger partial charge is 0.508 e. The van der Waals surface area contributed by atoms with Gasteiger partial charge < -0.3 is 44.8 Å². The van der Waals surface area contributed by atoms with Gasteiger partial charge in [-0.2, -0.15) is 0 Å². The van der Waals surface area contributed by atoms with E-state index in [0.717, 1.165) is 6.08 Å². The number of hydrogen-bond donors (Lipinski definition) is 6. The second kappa shape index (κ2) is 12.3. The van der Waals surface area contributed by atoms with Crippen molar-refractivity contribution in [2.75, 3.05) is 13.7 Å². The Morgan fingerprint density at radius 1 is 0.972 bits per heavy atom. The summed E-state index contributed by atoms with van der Waals surface area (Å²) in [5.41, 5.74) is 1.29. The predicted molar refractivity (Wildman–Crippen MR) is 129 cm³/mol. The van der Waals surface area contributed by atoms with Crippen LogP contribution in [0.4, 0.5) is 0 Å². The molecule has 10 nitrogen and oxygen atoms in total. The van der Waals surface area contributed by atoms with Crippen LogP contribution in [0.1, 0.15) is 11.1 Å². The maximum Gasteiger partial charge on any atom is 0.229 e. The number of aliphatic hydroxyl groups is 5. The standard InChI is InChI=1S/C26H28O10/c1-34-21-12-16(6-11-20(21)30)3-8-18(29)13-17(28)7-2-15-4-9-19(10-5-15)35-26-25(33)24(32)23(31)22(14-27)36-26/h2-13,22-27,29-33H,14H2,1H3/b7-2+,8-3+,18-13-/t22-,23-,24+,25-,26-/m1/s1. The molecule has 1 saturated heterocycles. The van der Waals surface area contributed by atoms with E-state index in [2.05, 4.69) is 0 Å². The SMILES string of the molecule is COc1cc(/C=C/C(O)=C/C(=O)/C=C/c2ccc(O[C@@H]3O[C@H](CO)[C@@H](O)[C@H](O)[C@H]3O)cc2)ccc1O. The average Bonchev–Trinajstić information content (AvgIpc) is 2.88. The monoisotopic (exact) mass is 500 g/mol. The highest BCUT2D eigenvalue weighted by atomic mass is 16.7. The van der Waals surface area contributed by atoms with Crippen LogP contribution in [-0.4, -0.2) is 80.8 Å². The minimum atomic E-state index is -1.54. The number of benzene rings is 2. The molecule has 1 heterocycles. The Balaban J connectivity index is 1.57. The van der Waals surface area contributed by atoms with Crippen molar-refractivity contribution in [2.45, 2.75) is 30.7 Å². The van der Waals surface area contributed by atoms with Gasteiger partial charge in [-0.3, -0.25) is 4.79 Å². The average molecular weight is 501 g/mol. The Morgan fingerprint density at radius 3 is 2.31 bits per heavy atom. The van der Waals surface area contributed by atoms with E-state index in [1.165, 1.54) is 31.4 Å². The number of allylic oxidation sites excluding steroid dienone is 3. The van der Waals surface area contributed by atoms with E-state index >= 15 is 0 Å². The zero-order valence-electron chi connectivity index (χ0n) is 19.3. The molecule has 1 aliphatic rings. The van der Waals surface area contributed by atoms with Crippen molar-refractivity contribution in [3.63, 3.8) is 0 Å². The van der Waals surface area contributed by atoms with Crippen LogP contribution in [0.15, 0.2) is 66.5 Å². The van der Waals surface area contributed by atoms with Crippen LogP contribution in [0.2, 0.25) is 0 Å². The topological polar surface area (TPSA) is 166 Å². The van der Waals surface area contributed by atoms with Crippen LogP contribution >= 0.6 is 0 Å². The van der Waals surface area contributed by atoms with Crippen molar-refractivity contribution >= 4 is 17.9 Å². The van der Waals surface area contributed by atoms with Crippen molar-refractivity contribution < 1.29 is 49.6 Å². The Kier molecular flexibility index (Phi) is 9.23. The van der Waals surface area contributed by atoms with Crippen molar-refractivity contribution in [3.8, 4) is 17.2 Å². The van der Waals surface area contributed by atoms with Crippen molar-refractivity contribution in [2.24, 2.45) is 0 Å². The summed E-state index contributed by atoms with van der Waals surface area (Å²) >= 11 is 0. The minimum Gasteiger partial charge on any atom is -0.508 e. The molecule has 1 fully saturated rings. The van der Waals surface area contributed by atoms with Gasteiger partial charge in [0.05, 0.1) is 13.7 Å². The van der Waals surface area contributed by atoms with E-state index in [4.69, 9.17) is 14.2 Å². The first-order valence-corrected chi connectivity index (χ1v) is 11.0. The molecule has 3 rings (SSSR count). The molecule has 2 aromatic carbocycles. The van der Waals surface area contributed by atoms with Crippen molar-refractivity contribution in [1.82, 2.24) is 0 Å². The number of carbonyl (C=O) groups is 1. The predicted octanol–water partition coefficient (Wildman–Crippen LogP) is 1.32. The lowest BCUT2D eigenvalue weighted by Gasteiger charge is -2.39. The van der Waals surface area contributed by atoms with Crippen molar-refractivity contribution in [1.29, 1.82) is 0 Å². The minimum absolute atomic E-state index is 0.0109. The molecular formula is C26H28O10. The molecule has 192 valence electrons. The van der Waals surface area contributed by atoms with E-state index in [1.807, 2.05) is 0 Å². The lowest BCUT2D eigenvalue weighted by molar-refractivity contribution is -0.277. The molecule has 36 heavy (non-hydrogen) atoms. The van der Waals surface area contributed by atoms with Crippen LogP contribution in [-0.2, 0) is 9.53 Å². The molecule has 1 aliphatic heterocycles. The third kappa shape index (κ3) is 6.94. The highest BCUT2D eigenvalue weighted by Gasteiger charge is 2.44. The van der Waals surface area contributed by atoms with Gasteiger partial charge in [-0.15, -0.1) is 0 Å². The van der Waals surface area contributed by atoms with Crippen molar-refractivity contribution in [3.05, 3.63) is 77.6 Å². The van der Waals surface area contributed by atoms with Gasteiger partial charge in [0.2, 0.25) is 6.29 Å². The second-order valence-corrected chi connectivity index (χ2v) is 7.95. The number of methoxy groups -OCH3 is 1. The third-order valence-electron chi connectivity index (χ3n) is 5.36. The van der Waals surface area contributed by atoms with Gasteiger partial charge in [-0.1, -0.05) is 30.4 Å². The molecule has 10 heteroatoms. The molecule has 0 unspecified atom stereocenters. The highest BCUT2D eigenvalue weighted by molar-refractivity contribution is 6.02. The fourth-order valence-corrected chi connectivity index (χ4v) is 3.36. The summed E-state index contributed by atoms with van der Waals surface area (Å²) in [4.78, 5) is 12.1. The maximum atomic E-state index is 12.1. The molecule has 0 amide bonds. The van der Waals surface area contributed by atoms with Gasteiger partial charge in [-0.05, 0) is 47.5 Å². The first kappa shape index (κ1) is 26.9. The second-order valence-electron chi connectivity index (χ2n) is 7.95. The van der Waals surface area contributed by atoms with E-state index in [0.29, 0.717) is 11.1 Å². The molecule has 0 radical (unpaired) electrons. The molecule has 0 aromatic heterocycles. The number of carbonyl (C=O) groups excluding carboxylic acids is 1. The summed E-state index contributed by atoms with van der Waals surface area (Å²) in [5, 5.41) is 58.6. The number of phenolic OH excluding ortho intramolecular Hbond substituents is 1. The molecule has 2 aromatic rings. The number of phenols is 1. The lowest BCUT2D eigenvalue weighted by atomic mass is 9.99. The summed E-state index contributed by atoms with van der Waals surface area (Å²) in [5.74, 6) is -0.161. The van der Waals surface area contributed by atoms with Gasteiger partial charge in [0.1, 0.15) is 35.9 Å². The Bertz CT molecular complexity index is 1120. The quantitative estimate of drug-likeness (QED) is 0.168. The summed E-state index contributed by atoms with van der Waals surface area (Å²) in [6.07, 6.45) is -0.197. The molecule has 0 spiro atoms. The Labute approximate surface area is 207 Å². The third-order valence-corrected chi connectivity index (χ3v) is 5.36. The maximum absolute atomic E-state index is 12.1. The van der Waals surface area contributed by atoms with Crippen LogP contribution in [0, 0.1) is 0 Å². The number of aromatic hydroxyl groups is 1. The van der Waals surface area contributed by atoms with Gasteiger partial charge >= 0.3 is 0 Å². The fraction of sp³-hybridized carbons (Fsp3) is 0.269. The van der Waals surface area contributed by atoms with Gasteiger partial charge in [0.25, 0.3) is 0 Å². The van der Waals surface area contributed by atoms with Gasteiger partial charge in [0, 0.05) is 6.08 Å². The van der Waals surface area contributed by atoms with E-state index in [-0.39, 0.29) is 23.0 Å². The first-order valence-electron chi connectivity index (χ1n) is 11.0. The summed E-state index contributed by atoms with van der Waals surface area (Å²) in [7, 11) is 1.42. The normalized spacial score (nSPS) is 24.8. The van der Waals surface area contributed by atoms with Crippen LogP contribution in [0.5, 0.6) is 17.2 Å². The van der Waals surface area contributed by atoms with E-state index in [1.54, 1.807) is 42.5 Å². The number of aliphatic hydroxyl groups excluding tert-OH is 5. The number of ketones is 1. The summed E-state index contributed by atoms with van der Waals surface area (Å²) in [6, 6.07) is 11.0. The number of hydrogen-bond acceptors (Lipinski definition) is 10. The molecular weight excluding hydrogens is 472 g/mol. The fourth-order valence-electron chi connectivity index (χ4n) is 3.36. The number of rotatable bonds is 9. The zero-order valence-corrected chi connectivity index (χ0v) is 19.3. The molecule has 5 atom stereocenters. The molecule has 0 saturated carbocycles. The van der Waals surface area contributed by atoms with Crippen LogP contribution < -0.4 is 9.47 Å². The van der Waals surface area contributed by atoms with Gasteiger partial charge in [0.15, 0.2) is 17.3 Å². The van der Waals surface area contributed by atoms with Crippen LogP contribution in [0.25, 0.3) is 12.2 Å². The highest BCUT2D eigenvalue weighted by Crippen LogP contribution is 2.27. The summed E-state index contributed by atoms with van der Waals surface area (Å²) in [6.45, 7) is -0.562. The van der Waals surface area contributed by atoms with E-state index in [9.17, 15) is 35.4 Å². The Morgan fingerprint density at radius 2 is 1.64 bits per heavy atom. The molecule has 6 N–H and O–H groups in total. The zero-order chi connectivity index (χ0) is 26.2. The first-order chi connectivity index (χ1) is 17.2. The Hall–Kier alpha value is -3.67. The summed E-state index contributed by atoms with van der Waals surface area (Å²) < 4.78 is 15.8.